The molecule has 0 radical (unpaired) electrons. The molecule has 0 aliphatic carbocycles. The Morgan fingerprint density at radius 2 is 2.00 bits per heavy atom. The van der Waals surface area contributed by atoms with Crippen molar-refractivity contribution in [2.75, 3.05) is 20.1 Å². The van der Waals surface area contributed by atoms with Gasteiger partial charge in [0.25, 0.3) is 0 Å². The molecule has 1 aromatic heterocycles. The van der Waals surface area contributed by atoms with Gasteiger partial charge in [-0.1, -0.05) is 12.1 Å². The fraction of sp³-hybridized carbons (Fsp3) is 0.500. The number of piperidine rings is 1. The smallest absolute Gasteiger partial charge is 0.125 e. The largest absolute Gasteiger partial charge is 0.324 e. The van der Waals surface area contributed by atoms with Crippen LogP contribution in [0.25, 0.3) is 11.0 Å². The molecule has 1 fully saturated rings. The van der Waals surface area contributed by atoms with Gasteiger partial charge in [0.1, 0.15) is 5.82 Å². The second-order valence-electron chi connectivity index (χ2n) is 5.05. The van der Waals surface area contributed by atoms with E-state index in [2.05, 4.69) is 39.7 Å². The molecule has 0 unspecified atom stereocenters. The number of nitrogens with zero attached hydrogens (tertiary/aromatic N) is 3. The Kier molecular flexibility index (Phi) is 3.27. The van der Waals surface area contributed by atoms with Crippen LogP contribution in [-0.4, -0.2) is 34.6 Å². The van der Waals surface area contributed by atoms with Gasteiger partial charge in [-0.3, -0.25) is 0 Å². The molecule has 96 valence electrons. The zero-order chi connectivity index (χ0) is 12.5. The Labute approximate surface area is 112 Å². The molecule has 18 heavy (non-hydrogen) atoms. The number of imidazole rings is 1. The van der Waals surface area contributed by atoms with E-state index in [0.717, 1.165) is 24.4 Å². The highest BCUT2D eigenvalue weighted by Gasteiger charge is 2.22. The number of benzene rings is 1. The molecule has 2 aromatic rings. The molecule has 1 aromatic carbocycles. The molecule has 1 aliphatic rings. The molecule has 3 rings (SSSR count). The highest BCUT2D eigenvalue weighted by atomic mass is 35.5. The molecule has 3 nitrogen and oxygen atoms in total. The molecule has 0 atom stereocenters. The topological polar surface area (TPSA) is 21.1 Å². The maximum absolute atomic E-state index is 6.06. The van der Waals surface area contributed by atoms with E-state index in [9.17, 15) is 0 Å². The number of hydrogen-bond donors (Lipinski definition) is 0. The van der Waals surface area contributed by atoms with Crippen LogP contribution in [-0.2, 0) is 5.88 Å². The molecule has 0 saturated carbocycles. The zero-order valence-corrected chi connectivity index (χ0v) is 11.4. The minimum Gasteiger partial charge on any atom is -0.324 e. The first-order chi connectivity index (χ1) is 8.79. The third-order valence-electron chi connectivity index (χ3n) is 3.84. The lowest BCUT2D eigenvalue weighted by atomic mass is 10.0. The molecular weight excluding hydrogens is 246 g/mol. The maximum atomic E-state index is 6.06. The van der Waals surface area contributed by atoms with Crippen molar-refractivity contribution in [2.24, 2.45) is 0 Å². The predicted molar refractivity (Wildman–Crippen MR) is 75.1 cm³/mol. The van der Waals surface area contributed by atoms with Crippen molar-refractivity contribution in [3.8, 4) is 0 Å². The van der Waals surface area contributed by atoms with Crippen LogP contribution in [0.15, 0.2) is 24.3 Å². The SMILES string of the molecule is CN1CCC(n2c(CCl)nc3ccccc32)CC1. The summed E-state index contributed by atoms with van der Waals surface area (Å²) in [5.41, 5.74) is 2.29. The van der Waals surface area contributed by atoms with Gasteiger partial charge in [-0.05, 0) is 45.1 Å². The van der Waals surface area contributed by atoms with E-state index in [0.29, 0.717) is 11.9 Å². The number of likely N-dealkylation sites (tertiary alicyclic amines) is 1. The number of fused-ring (bicyclic) bond motifs is 1. The second kappa shape index (κ2) is 4.90. The first kappa shape index (κ1) is 12.0. The summed E-state index contributed by atoms with van der Waals surface area (Å²) in [7, 11) is 2.19. The van der Waals surface area contributed by atoms with Crippen molar-refractivity contribution < 1.29 is 0 Å². The fourth-order valence-corrected chi connectivity index (χ4v) is 3.04. The summed E-state index contributed by atoms with van der Waals surface area (Å²) in [6.45, 7) is 2.30. The molecule has 0 N–H and O–H groups in total. The summed E-state index contributed by atoms with van der Waals surface area (Å²) in [5, 5.41) is 0. The monoisotopic (exact) mass is 263 g/mol. The number of alkyl halides is 1. The summed E-state index contributed by atoms with van der Waals surface area (Å²) in [4.78, 5) is 7.03. The Morgan fingerprint density at radius 1 is 1.28 bits per heavy atom. The Bertz CT molecular complexity index is 541. The van der Waals surface area contributed by atoms with E-state index in [1.807, 2.05) is 6.07 Å². The van der Waals surface area contributed by atoms with Crippen LogP contribution in [0.3, 0.4) is 0 Å². The van der Waals surface area contributed by atoms with Gasteiger partial charge in [-0.25, -0.2) is 4.98 Å². The van der Waals surface area contributed by atoms with Crippen molar-refractivity contribution in [1.29, 1.82) is 0 Å². The lowest BCUT2D eigenvalue weighted by Gasteiger charge is -2.31. The van der Waals surface area contributed by atoms with Crippen molar-refractivity contribution in [1.82, 2.24) is 14.5 Å². The molecule has 0 spiro atoms. The van der Waals surface area contributed by atoms with Crippen molar-refractivity contribution >= 4 is 22.6 Å². The molecular formula is C14H18ClN3. The lowest BCUT2D eigenvalue weighted by molar-refractivity contribution is 0.222. The fourth-order valence-electron chi connectivity index (χ4n) is 2.85. The molecule has 1 aliphatic heterocycles. The minimum atomic E-state index is 0.487. The number of aromatic nitrogens is 2. The predicted octanol–water partition coefficient (Wildman–Crippen LogP) is 3.04. The van der Waals surface area contributed by atoms with Crippen LogP contribution in [0.1, 0.15) is 24.7 Å². The van der Waals surface area contributed by atoms with Crippen molar-refractivity contribution in [2.45, 2.75) is 24.8 Å². The van der Waals surface area contributed by atoms with Gasteiger partial charge in [0.15, 0.2) is 0 Å². The van der Waals surface area contributed by atoms with Gasteiger partial charge in [-0.15, -0.1) is 11.6 Å². The molecule has 4 heteroatoms. The van der Waals surface area contributed by atoms with Crippen LogP contribution >= 0.6 is 11.6 Å². The molecule has 2 heterocycles. The molecule has 1 saturated heterocycles. The van der Waals surface area contributed by atoms with E-state index < -0.39 is 0 Å². The van der Waals surface area contributed by atoms with Crippen LogP contribution in [0.4, 0.5) is 0 Å². The average Bonchev–Trinajstić information content (AvgIpc) is 2.78. The van der Waals surface area contributed by atoms with Crippen LogP contribution < -0.4 is 0 Å². The van der Waals surface area contributed by atoms with Crippen LogP contribution in [0.2, 0.25) is 0 Å². The quantitative estimate of drug-likeness (QED) is 0.777. The van der Waals surface area contributed by atoms with Crippen molar-refractivity contribution in [3.63, 3.8) is 0 Å². The number of para-hydroxylation sites is 2. The third kappa shape index (κ3) is 2.02. The Hall–Kier alpha value is -1.06. The maximum Gasteiger partial charge on any atom is 0.125 e. The second-order valence-corrected chi connectivity index (χ2v) is 5.32. The Morgan fingerprint density at radius 3 is 2.72 bits per heavy atom. The summed E-state index contributed by atoms with van der Waals surface area (Å²) in [5.74, 6) is 1.49. The average molecular weight is 264 g/mol. The van der Waals surface area contributed by atoms with Crippen molar-refractivity contribution in [3.05, 3.63) is 30.1 Å². The normalized spacial score (nSPS) is 18.6. The number of halogens is 1. The van der Waals surface area contributed by atoms with E-state index in [-0.39, 0.29) is 0 Å². The van der Waals surface area contributed by atoms with Gasteiger partial charge >= 0.3 is 0 Å². The highest BCUT2D eigenvalue weighted by molar-refractivity contribution is 6.16. The van der Waals surface area contributed by atoms with Gasteiger partial charge in [0.05, 0.1) is 16.9 Å². The standard InChI is InChI=1S/C14H18ClN3/c1-17-8-6-11(7-9-17)18-13-5-3-2-4-12(13)16-14(18)10-15/h2-5,11H,6-10H2,1H3. The Balaban J connectivity index is 2.04. The summed E-state index contributed by atoms with van der Waals surface area (Å²) >= 11 is 6.06. The number of hydrogen-bond acceptors (Lipinski definition) is 2. The first-order valence-electron chi connectivity index (χ1n) is 6.50. The summed E-state index contributed by atoms with van der Waals surface area (Å²) in [6, 6.07) is 8.87. The summed E-state index contributed by atoms with van der Waals surface area (Å²) < 4.78 is 2.36. The molecule has 0 amide bonds. The lowest BCUT2D eigenvalue weighted by Crippen LogP contribution is -2.31. The molecule has 0 bridgehead atoms. The van der Waals surface area contributed by atoms with E-state index in [1.165, 1.54) is 18.4 Å². The van der Waals surface area contributed by atoms with E-state index in [4.69, 9.17) is 11.6 Å². The van der Waals surface area contributed by atoms with Gasteiger partial charge in [-0.2, -0.15) is 0 Å². The zero-order valence-electron chi connectivity index (χ0n) is 10.6. The summed E-state index contributed by atoms with van der Waals surface area (Å²) in [6.07, 6.45) is 2.36. The van der Waals surface area contributed by atoms with E-state index >= 15 is 0 Å². The highest BCUT2D eigenvalue weighted by Crippen LogP contribution is 2.28. The van der Waals surface area contributed by atoms with E-state index in [1.54, 1.807) is 0 Å². The first-order valence-corrected chi connectivity index (χ1v) is 7.03. The third-order valence-corrected chi connectivity index (χ3v) is 4.08. The van der Waals surface area contributed by atoms with Gasteiger partial charge < -0.3 is 9.47 Å². The van der Waals surface area contributed by atoms with Gasteiger partial charge in [0, 0.05) is 6.04 Å². The van der Waals surface area contributed by atoms with Crippen LogP contribution in [0.5, 0.6) is 0 Å². The van der Waals surface area contributed by atoms with Gasteiger partial charge in [0.2, 0.25) is 0 Å². The number of rotatable bonds is 2. The minimum absolute atomic E-state index is 0.487. The van der Waals surface area contributed by atoms with Crippen LogP contribution in [0, 0.1) is 0 Å².